The average Bonchev–Trinajstić information content (AvgIpc) is 2.93. The molecular formula is C14H16N2O6. The fraction of sp³-hybridized carbons (Fsp3) is 0.429. The third-order valence-corrected chi connectivity index (χ3v) is 3.67. The van der Waals surface area contributed by atoms with Crippen molar-refractivity contribution in [1.82, 2.24) is 5.32 Å². The molecule has 8 nitrogen and oxygen atoms in total. The number of nitrogens with zero attached hydrogens (tertiary/aromatic N) is 1. The molecule has 0 bridgehead atoms. The quantitative estimate of drug-likeness (QED) is 0.529. The van der Waals surface area contributed by atoms with E-state index in [0.717, 1.165) is 6.42 Å². The predicted octanol–water partition coefficient (Wildman–Crippen LogP) is -1.68. The second-order valence-corrected chi connectivity index (χ2v) is 5.21. The molecule has 2 atom stereocenters. The van der Waals surface area contributed by atoms with Crippen molar-refractivity contribution in [2.24, 2.45) is 0 Å². The van der Waals surface area contributed by atoms with Crippen LogP contribution >= 0.6 is 0 Å². The van der Waals surface area contributed by atoms with Crippen molar-refractivity contribution in [2.45, 2.75) is 31.3 Å². The Balaban J connectivity index is 2.25. The summed E-state index contributed by atoms with van der Waals surface area (Å²) >= 11 is 0. The maximum Gasteiger partial charge on any atom is 0.351 e. The second-order valence-electron chi connectivity index (χ2n) is 5.21. The van der Waals surface area contributed by atoms with Crippen molar-refractivity contribution < 1.29 is 34.3 Å². The highest BCUT2D eigenvalue weighted by Crippen LogP contribution is 2.17. The first-order valence-electron chi connectivity index (χ1n) is 6.83. The first-order valence-corrected chi connectivity index (χ1v) is 6.83. The third-order valence-electron chi connectivity index (χ3n) is 3.67. The smallest absolute Gasteiger partial charge is 0.351 e. The van der Waals surface area contributed by atoms with Gasteiger partial charge in [-0.2, -0.15) is 0 Å². The van der Waals surface area contributed by atoms with Crippen LogP contribution in [-0.4, -0.2) is 57.5 Å². The topological polar surface area (TPSA) is 130 Å². The van der Waals surface area contributed by atoms with Crippen LogP contribution in [0.15, 0.2) is 23.4 Å². The van der Waals surface area contributed by atoms with E-state index in [1.165, 1.54) is 6.08 Å². The van der Waals surface area contributed by atoms with Gasteiger partial charge < -0.3 is 25.4 Å². The minimum atomic E-state index is -1.24. The normalized spacial score (nSPS) is 28.3. The summed E-state index contributed by atoms with van der Waals surface area (Å²) in [4.78, 5) is 33.0. The Morgan fingerprint density at radius 2 is 2.09 bits per heavy atom. The molecule has 0 aromatic carbocycles. The van der Waals surface area contributed by atoms with Crippen LogP contribution in [0.25, 0.3) is 0 Å². The summed E-state index contributed by atoms with van der Waals surface area (Å²) in [7, 11) is 0. The largest absolute Gasteiger partial charge is 0.543 e. The van der Waals surface area contributed by atoms with E-state index in [0.29, 0.717) is 18.5 Å². The number of rotatable bonds is 4. The number of nitrogens with one attached hydrogen (secondary N) is 1. The molecule has 0 spiro atoms. The molecule has 0 aliphatic carbocycles. The number of carboxylic acid groups (broad SMARTS) is 3. The molecule has 0 amide bonds. The van der Waals surface area contributed by atoms with Crippen LogP contribution in [0, 0.1) is 0 Å². The number of hydrogen-bond acceptors (Lipinski definition) is 5. The van der Waals surface area contributed by atoms with Crippen LogP contribution in [0.5, 0.6) is 0 Å². The lowest BCUT2D eigenvalue weighted by Gasteiger charge is -2.21. The molecule has 0 radical (unpaired) electrons. The van der Waals surface area contributed by atoms with E-state index in [1.807, 2.05) is 0 Å². The van der Waals surface area contributed by atoms with Crippen LogP contribution in [-0.2, 0) is 14.4 Å². The summed E-state index contributed by atoms with van der Waals surface area (Å²) in [5, 5.41) is 31.4. The van der Waals surface area contributed by atoms with Gasteiger partial charge in [-0.1, -0.05) is 0 Å². The fourth-order valence-corrected chi connectivity index (χ4v) is 2.56. The van der Waals surface area contributed by atoms with Crippen LogP contribution < -0.4 is 10.4 Å². The van der Waals surface area contributed by atoms with Gasteiger partial charge in [0.05, 0.1) is 0 Å². The second kappa shape index (κ2) is 6.42. The standard InChI is InChI=1S/C14H16N2O6/c17-12(18)9-6-8(7-10(15-9)13(19)20)3-5-16-4-1-2-11(16)14(21)22/h3,5-6,10-11H,1-2,4,7H2,(H3,17,18,19,20,21,22)/t10-,11+/m1/s1. The molecule has 2 rings (SSSR count). The Labute approximate surface area is 126 Å². The van der Waals surface area contributed by atoms with E-state index in [4.69, 9.17) is 10.2 Å². The molecule has 0 aromatic heterocycles. The highest BCUT2D eigenvalue weighted by molar-refractivity contribution is 5.89. The molecule has 0 saturated carbocycles. The number of carbonyl (C=O) groups is 3. The average molecular weight is 308 g/mol. The van der Waals surface area contributed by atoms with Gasteiger partial charge in [0, 0.05) is 25.3 Å². The Hall–Kier alpha value is -2.64. The van der Waals surface area contributed by atoms with Crippen molar-refractivity contribution in [3.8, 4) is 0 Å². The van der Waals surface area contributed by atoms with Gasteiger partial charge in [0.15, 0.2) is 12.3 Å². The maximum absolute atomic E-state index is 11.1. The Kier molecular flexibility index (Phi) is 4.59. The number of hydrogen-bond donors (Lipinski definition) is 3. The molecule has 22 heavy (non-hydrogen) atoms. The number of aliphatic carboxylic acids is 3. The summed E-state index contributed by atoms with van der Waals surface area (Å²) in [5.74, 6) is -3.54. The van der Waals surface area contributed by atoms with Gasteiger partial charge in [-0.25, -0.2) is 14.2 Å². The number of carbonyl (C=O) groups excluding carboxylic acids is 1. The molecule has 8 heteroatoms. The molecule has 118 valence electrons. The SMILES string of the molecule is O=C(O)C1=C/C(=C/C=[N+]2CCC[C@H]2C(=O)[O-])C[C@H](C(=O)O)N1. The van der Waals surface area contributed by atoms with Crippen molar-refractivity contribution in [3.05, 3.63) is 23.4 Å². The number of allylic oxidation sites excluding steroid dienone is 2. The van der Waals surface area contributed by atoms with Gasteiger partial charge in [-0.15, -0.1) is 0 Å². The first-order chi connectivity index (χ1) is 10.4. The lowest BCUT2D eigenvalue weighted by molar-refractivity contribution is -0.538. The van der Waals surface area contributed by atoms with E-state index >= 15 is 0 Å². The van der Waals surface area contributed by atoms with Crippen LogP contribution in [0.1, 0.15) is 19.3 Å². The van der Waals surface area contributed by atoms with Crippen molar-refractivity contribution in [2.75, 3.05) is 6.54 Å². The maximum atomic E-state index is 11.1. The molecule has 0 unspecified atom stereocenters. The van der Waals surface area contributed by atoms with Gasteiger partial charge in [0.25, 0.3) is 0 Å². The molecule has 1 saturated heterocycles. The van der Waals surface area contributed by atoms with Gasteiger partial charge in [0.2, 0.25) is 0 Å². The lowest BCUT2D eigenvalue weighted by atomic mass is 10.00. The summed E-state index contributed by atoms with van der Waals surface area (Å²) < 4.78 is 1.61. The molecule has 1 fully saturated rings. The summed E-state index contributed by atoms with van der Waals surface area (Å²) in [6.07, 6.45) is 5.81. The van der Waals surface area contributed by atoms with Gasteiger partial charge >= 0.3 is 11.9 Å². The Morgan fingerprint density at radius 3 is 2.68 bits per heavy atom. The Bertz CT molecular complexity index is 604. The lowest BCUT2D eigenvalue weighted by Crippen LogP contribution is -2.41. The van der Waals surface area contributed by atoms with Gasteiger partial charge in [0.1, 0.15) is 24.3 Å². The fourth-order valence-electron chi connectivity index (χ4n) is 2.56. The summed E-state index contributed by atoms with van der Waals surface area (Å²) in [6.45, 7) is 0.568. The predicted molar refractivity (Wildman–Crippen MR) is 72.2 cm³/mol. The Morgan fingerprint density at radius 1 is 1.36 bits per heavy atom. The zero-order valence-corrected chi connectivity index (χ0v) is 11.7. The summed E-state index contributed by atoms with van der Waals surface area (Å²) in [6, 6.07) is -1.72. The van der Waals surface area contributed by atoms with Crippen molar-refractivity contribution in [1.29, 1.82) is 0 Å². The monoisotopic (exact) mass is 308 g/mol. The molecule has 0 aromatic rings. The van der Waals surface area contributed by atoms with Crippen LogP contribution in [0.3, 0.4) is 0 Å². The van der Waals surface area contributed by atoms with Crippen LogP contribution in [0.4, 0.5) is 0 Å². The van der Waals surface area contributed by atoms with Gasteiger partial charge in [-0.3, -0.25) is 0 Å². The zero-order valence-electron chi connectivity index (χ0n) is 11.7. The van der Waals surface area contributed by atoms with E-state index < -0.39 is 30.0 Å². The van der Waals surface area contributed by atoms with Gasteiger partial charge in [-0.05, 0) is 11.6 Å². The first kappa shape index (κ1) is 15.7. The van der Waals surface area contributed by atoms with E-state index in [9.17, 15) is 19.5 Å². The highest BCUT2D eigenvalue weighted by atomic mass is 16.4. The minimum Gasteiger partial charge on any atom is -0.543 e. The molecule has 2 heterocycles. The molecular weight excluding hydrogens is 292 g/mol. The van der Waals surface area contributed by atoms with E-state index in [-0.39, 0.29) is 12.1 Å². The van der Waals surface area contributed by atoms with Crippen molar-refractivity contribution in [3.63, 3.8) is 0 Å². The van der Waals surface area contributed by atoms with Crippen molar-refractivity contribution >= 4 is 24.1 Å². The molecule has 2 aliphatic rings. The summed E-state index contributed by atoms with van der Waals surface area (Å²) in [5.41, 5.74) is 0.309. The highest BCUT2D eigenvalue weighted by Gasteiger charge is 2.29. The van der Waals surface area contributed by atoms with E-state index in [2.05, 4.69) is 5.32 Å². The molecule has 2 aliphatic heterocycles. The third kappa shape index (κ3) is 3.51. The molecule has 3 N–H and O–H groups in total. The van der Waals surface area contributed by atoms with Crippen LogP contribution in [0.2, 0.25) is 0 Å². The minimum absolute atomic E-state index is 0.118. The zero-order chi connectivity index (χ0) is 16.3. The van der Waals surface area contributed by atoms with E-state index in [1.54, 1.807) is 16.9 Å². The number of carboxylic acids is 3.